The van der Waals surface area contributed by atoms with E-state index >= 15 is 0 Å². The van der Waals surface area contributed by atoms with Crippen LogP contribution in [0.2, 0.25) is 0 Å². The van der Waals surface area contributed by atoms with Gasteiger partial charge >= 0.3 is 5.97 Å². The maximum Gasteiger partial charge on any atom is 0.313 e. The summed E-state index contributed by atoms with van der Waals surface area (Å²) in [7, 11) is 3.07. The van der Waals surface area contributed by atoms with Gasteiger partial charge in [0.2, 0.25) is 5.91 Å². The van der Waals surface area contributed by atoms with Crippen LogP contribution in [-0.4, -0.2) is 49.4 Å². The summed E-state index contributed by atoms with van der Waals surface area (Å²) in [4.78, 5) is 40.3. The highest BCUT2D eigenvalue weighted by atomic mass is 16.5. The fraction of sp³-hybridized carbons (Fsp3) is 0.450. The molecule has 0 spiro atoms. The maximum atomic E-state index is 13.0. The van der Waals surface area contributed by atoms with E-state index in [9.17, 15) is 14.4 Å². The lowest BCUT2D eigenvalue weighted by Gasteiger charge is -2.30. The van der Waals surface area contributed by atoms with Crippen LogP contribution in [0.15, 0.2) is 36.9 Å². The molecule has 2 amide bonds. The Labute approximate surface area is 153 Å². The number of ether oxygens (including phenoxy) is 1. The zero-order chi connectivity index (χ0) is 18.9. The van der Waals surface area contributed by atoms with Crippen molar-refractivity contribution in [3.63, 3.8) is 0 Å². The number of carbonyl (C=O) groups is 3. The average molecular weight is 356 g/mol. The van der Waals surface area contributed by atoms with E-state index in [4.69, 9.17) is 4.74 Å². The number of anilines is 1. The predicted molar refractivity (Wildman–Crippen MR) is 97.8 cm³/mol. The number of hydrogen-bond donors (Lipinski definition) is 0. The Balaban J connectivity index is 1.79. The van der Waals surface area contributed by atoms with Crippen molar-refractivity contribution in [3.8, 4) is 0 Å². The molecule has 138 valence electrons. The highest BCUT2D eigenvalue weighted by Crippen LogP contribution is 2.49. The van der Waals surface area contributed by atoms with Gasteiger partial charge < -0.3 is 14.5 Å². The van der Waals surface area contributed by atoms with Crippen molar-refractivity contribution in [1.82, 2.24) is 4.90 Å². The molecule has 0 unspecified atom stereocenters. The number of rotatable bonds is 4. The Morgan fingerprint density at radius 2 is 1.96 bits per heavy atom. The molecular formula is C20H24N2O4. The molecule has 1 aromatic rings. The maximum absolute atomic E-state index is 13.0. The molecule has 2 fully saturated rings. The van der Waals surface area contributed by atoms with Crippen LogP contribution in [0, 0.1) is 5.41 Å². The van der Waals surface area contributed by atoms with Gasteiger partial charge in [-0.1, -0.05) is 13.0 Å². The summed E-state index contributed by atoms with van der Waals surface area (Å²) < 4.78 is 5.03. The predicted octanol–water partition coefficient (Wildman–Crippen LogP) is 2.39. The first-order valence-corrected chi connectivity index (χ1v) is 8.84. The first-order chi connectivity index (χ1) is 12.4. The van der Waals surface area contributed by atoms with E-state index < -0.39 is 5.41 Å². The van der Waals surface area contributed by atoms with Gasteiger partial charge in [-0.05, 0) is 49.6 Å². The average Bonchev–Trinajstić information content (AvgIpc) is 3.25. The van der Waals surface area contributed by atoms with Gasteiger partial charge in [-0.15, -0.1) is 0 Å². The third-order valence-corrected chi connectivity index (χ3v) is 5.77. The van der Waals surface area contributed by atoms with Crippen LogP contribution in [0.5, 0.6) is 0 Å². The Bertz CT molecular complexity index is 743. The lowest BCUT2D eigenvalue weighted by atomic mass is 9.82. The summed E-state index contributed by atoms with van der Waals surface area (Å²) in [6.07, 6.45) is 4.44. The van der Waals surface area contributed by atoms with Crippen molar-refractivity contribution in [2.75, 3.05) is 25.6 Å². The summed E-state index contributed by atoms with van der Waals surface area (Å²) in [6, 6.07) is 6.84. The van der Waals surface area contributed by atoms with Crippen molar-refractivity contribution in [2.45, 2.75) is 31.7 Å². The Morgan fingerprint density at radius 1 is 1.27 bits per heavy atom. The number of likely N-dealkylation sites (tertiary alicyclic amines) is 1. The van der Waals surface area contributed by atoms with Gasteiger partial charge in [0.15, 0.2) is 0 Å². The molecule has 0 bridgehead atoms. The molecule has 1 aliphatic heterocycles. The number of likely N-dealkylation sites (N-methyl/N-ethyl adjacent to an activating group) is 1. The quantitative estimate of drug-likeness (QED) is 0.614. The van der Waals surface area contributed by atoms with Gasteiger partial charge in [-0.3, -0.25) is 14.4 Å². The molecule has 1 heterocycles. The normalized spacial score (nSPS) is 24.1. The summed E-state index contributed by atoms with van der Waals surface area (Å²) in [5.74, 6) is -0.487. The molecule has 2 atom stereocenters. The molecule has 26 heavy (non-hydrogen) atoms. The zero-order valence-corrected chi connectivity index (χ0v) is 15.2. The second kappa shape index (κ2) is 6.94. The minimum Gasteiger partial charge on any atom is -0.469 e. The smallest absolute Gasteiger partial charge is 0.313 e. The number of carbonyl (C=O) groups excluding carboxylic acids is 3. The van der Waals surface area contributed by atoms with E-state index in [2.05, 4.69) is 6.58 Å². The van der Waals surface area contributed by atoms with Gasteiger partial charge in [0, 0.05) is 30.9 Å². The van der Waals surface area contributed by atoms with Crippen LogP contribution in [0.1, 0.15) is 36.0 Å². The number of hydrogen-bond acceptors (Lipinski definition) is 4. The van der Waals surface area contributed by atoms with E-state index in [-0.39, 0.29) is 23.8 Å². The van der Waals surface area contributed by atoms with E-state index in [1.165, 1.54) is 18.1 Å². The number of methoxy groups -OCH3 is 1. The zero-order valence-electron chi connectivity index (χ0n) is 15.2. The summed E-state index contributed by atoms with van der Waals surface area (Å²) in [5, 5.41) is 0. The molecule has 6 nitrogen and oxygen atoms in total. The number of fused-ring (bicyclic) bond motifs is 1. The fourth-order valence-corrected chi connectivity index (χ4v) is 4.32. The van der Waals surface area contributed by atoms with Gasteiger partial charge in [-0.2, -0.15) is 0 Å². The van der Waals surface area contributed by atoms with Crippen LogP contribution < -0.4 is 4.90 Å². The molecule has 1 saturated heterocycles. The van der Waals surface area contributed by atoms with Gasteiger partial charge in [0.1, 0.15) is 0 Å². The van der Waals surface area contributed by atoms with E-state index in [1.807, 2.05) is 4.90 Å². The van der Waals surface area contributed by atoms with Crippen LogP contribution >= 0.6 is 0 Å². The van der Waals surface area contributed by atoms with E-state index in [1.54, 1.807) is 31.3 Å². The van der Waals surface area contributed by atoms with Gasteiger partial charge in [0.05, 0.1) is 12.5 Å². The highest BCUT2D eigenvalue weighted by molar-refractivity contribution is 6.01. The third kappa shape index (κ3) is 2.79. The third-order valence-electron chi connectivity index (χ3n) is 5.77. The standard InChI is InChI=1S/C20H24N2O4/c1-4-17(23)21(2)15-9-7-14(8-10-15)18(24)22-13-12-20(19(25)26-3)11-5-6-16(20)22/h4,7-10,16H,1,5-6,11-13H2,2-3H3/t16-,20+/m1/s1. The van der Waals surface area contributed by atoms with Crippen molar-refractivity contribution in [3.05, 3.63) is 42.5 Å². The van der Waals surface area contributed by atoms with Crippen molar-refractivity contribution in [1.29, 1.82) is 0 Å². The van der Waals surface area contributed by atoms with Crippen molar-refractivity contribution >= 4 is 23.5 Å². The molecule has 3 rings (SSSR count). The number of nitrogens with zero attached hydrogens (tertiary/aromatic N) is 2. The minimum absolute atomic E-state index is 0.0769. The number of amides is 2. The molecular weight excluding hydrogens is 332 g/mol. The monoisotopic (exact) mass is 356 g/mol. The van der Waals surface area contributed by atoms with Crippen LogP contribution in [0.3, 0.4) is 0 Å². The second-order valence-corrected chi connectivity index (χ2v) is 6.95. The fourth-order valence-electron chi connectivity index (χ4n) is 4.32. The number of esters is 1. The molecule has 0 radical (unpaired) electrons. The topological polar surface area (TPSA) is 66.9 Å². The van der Waals surface area contributed by atoms with Gasteiger partial charge in [-0.25, -0.2) is 0 Å². The molecule has 6 heteroatoms. The molecule has 1 aromatic carbocycles. The molecule has 0 aromatic heterocycles. The summed E-state index contributed by atoms with van der Waals surface area (Å²) in [5.41, 5.74) is 0.708. The Hall–Kier alpha value is -2.63. The van der Waals surface area contributed by atoms with Crippen LogP contribution in [-0.2, 0) is 14.3 Å². The van der Waals surface area contributed by atoms with E-state index in [0.717, 1.165) is 19.3 Å². The Morgan fingerprint density at radius 3 is 2.58 bits per heavy atom. The summed E-state index contributed by atoms with van der Waals surface area (Å²) >= 11 is 0. The SMILES string of the molecule is C=CC(=O)N(C)c1ccc(C(=O)N2CC[C@@]3(C(=O)OC)CCC[C@@H]23)cc1. The first kappa shape index (κ1) is 18.2. The lowest BCUT2D eigenvalue weighted by molar-refractivity contribution is -0.153. The molecule has 2 aliphatic rings. The minimum atomic E-state index is -0.541. The van der Waals surface area contributed by atoms with E-state index in [0.29, 0.717) is 24.2 Å². The van der Waals surface area contributed by atoms with Crippen LogP contribution in [0.4, 0.5) is 5.69 Å². The second-order valence-electron chi connectivity index (χ2n) is 6.95. The number of benzene rings is 1. The molecule has 1 saturated carbocycles. The highest BCUT2D eigenvalue weighted by Gasteiger charge is 2.57. The summed E-state index contributed by atoms with van der Waals surface area (Å²) in [6.45, 7) is 4.04. The molecule has 0 N–H and O–H groups in total. The Kier molecular flexibility index (Phi) is 4.85. The molecule has 1 aliphatic carbocycles. The first-order valence-electron chi connectivity index (χ1n) is 8.84. The van der Waals surface area contributed by atoms with Crippen molar-refractivity contribution in [2.24, 2.45) is 5.41 Å². The van der Waals surface area contributed by atoms with Gasteiger partial charge in [0.25, 0.3) is 5.91 Å². The van der Waals surface area contributed by atoms with Crippen LogP contribution in [0.25, 0.3) is 0 Å². The largest absolute Gasteiger partial charge is 0.469 e. The van der Waals surface area contributed by atoms with Crippen molar-refractivity contribution < 1.29 is 19.1 Å². The lowest BCUT2D eigenvalue weighted by Crippen LogP contribution is -2.43.